The van der Waals surface area contributed by atoms with Gasteiger partial charge in [-0.3, -0.25) is 4.79 Å². The molecule has 10 heteroatoms. The van der Waals surface area contributed by atoms with Crippen molar-refractivity contribution in [2.24, 2.45) is 28.0 Å². The summed E-state index contributed by atoms with van der Waals surface area (Å²) in [4.78, 5) is 18.4. The Balaban J connectivity index is 1.47. The summed E-state index contributed by atoms with van der Waals surface area (Å²) >= 11 is 6.64. The Kier molecular flexibility index (Phi) is 7.17. The number of benzene rings is 2. The number of aliphatic carboxylic acids is 1. The molecule has 2 aromatic rings. The van der Waals surface area contributed by atoms with Crippen LogP contribution in [0.3, 0.4) is 0 Å². The third kappa shape index (κ3) is 4.55. The van der Waals surface area contributed by atoms with Crippen molar-refractivity contribution in [3.05, 3.63) is 87.8 Å². The summed E-state index contributed by atoms with van der Waals surface area (Å²) in [5.41, 5.74) is 6.84. The van der Waals surface area contributed by atoms with E-state index in [9.17, 15) is 23.8 Å². The van der Waals surface area contributed by atoms with Crippen LogP contribution < -0.4 is 11.1 Å². The van der Waals surface area contributed by atoms with Gasteiger partial charge in [0.2, 0.25) is 0 Å². The molecule has 2 aromatic carbocycles. The summed E-state index contributed by atoms with van der Waals surface area (Å²) in [6, 6.07) is 12.9. The second-order valence-corrected chi connectivity index (χ2v) is 11.7. The number of aliphatic hydroxyl groups is 1. The highest BCUT2D eigenvalue weighted by molar-refractivity contribution is 6.30. The largest absolute Gasteiger partial charge is 0.481 e. The lowest BCUT2D eigenvalue weighted by atomic mass is 9.75. The van der Waals surface area contributed by atoms with Gasteiger partial charge in [0.1, 0.15) is 28.5 Å². The topological polar surface area (TPSA) is 111 Å². The van der Waals surface area contributed by atoms with E-state index < -0.39 is 23.4 Å². The van der Waals surface area contributed by atoms with Gasteiger partial charge in [-0.05, 0) is 60.8 Å². The maximum atomic E-state index is 13.3. The molecule has 0 radical (unpaired) electrons. The van der Waals surface area contributed by atoms with Crippen molar-refractivity contribution in [2.75, 3.05) is 0 Å². The predicted octanol–water partition coefficient (Wildman–Crippen LogP) is 5.72. The molecule has 0 spiro atoms. The normalized spacial score (nSPS) is 26.0. The van der Waals surface area contributed by atoms with Gasteiger partial charge in [-0.15, -0.1) is 0 Å². The highest BCUT2D eigenvalue weighted by Gasteiger charge is 2.52. The fourth-order valence-corrected chi connectivity index (χ4v) is 6.52. The Morgan fingerprint density at radius 2 is 1.93 bits per heavy atom. The Hall–Kier alpha value is -3.43. The van der Waals surface area contributed by atoms with Crippen LogP contribution in [0.25, 0.3) is 5.70 Å². The molecule has 7 nitrogen and oxygen atoms in total. The van der Waals surface area contributed by atoms with E-state index in [0.717, 1.165) is 5.56 Å². The Bertz CT molecular complexity index is 1420. The third-order valence-electron chi connectivity index (χ3n) is 8.83. The predicted molar refractivity (Wildman–Crippen MR) is 150 cm³/mol. The van der Waals surface area contributed by atoms with Gasteiger partial charge in [0, 0.05) is 5.56 Å². The van der Waals surface area contributed by atoms with Crippen LogP contribution in [0.1, 0.15) is 68.7 Å². The van der Waals surface area contributed by atoms with Crippen LogP contribution in [-0.2, 0) is 10.4 Å². The van der Waals surface area contributed by atoms with E-state index in [1.165, 1.54) is 24.4 Å². The van der Waals surface area contributed by atoms with Gasteiger partial charge in [-0.1, -0.05) is 67.9 Å². The van der Waals surface area contributed by atoms with Crippen molar-refractivity contribution in [3.63, 3.8) is 0 Å². The first-order valence-corrected chi connectivity index (χ1v) is 13.7. The maximum absolute atomic E-state index is 13.3. The molecule has 0 bridgehead atoms. The molecule has 0 amide bonds. The van der Waals surface area contributed by atoms with E-state index in [2.05, 4.69) is 10.3 Å². The Labute approximate surface area is 237 Å². The molecule has 0 aromatic heterocycles. The number of aliphatic imine (C=N–C) groups is 1. The first kappa shape index (κ1) is 28.1. The van der Waals surface area contributed by atoms with Crippen molar-refractivity contribution in [2.45, 2.75) is 58.2 Å². The lowest BCUT2D eigenvalue weighted by Gasteiger charge is -2.35. The second kappa shape index (κ2) is 10.2. The van der Waals surface area contributed by atoms with Crippen molar-refractivity contribution < 1.29 is 23.8 Å². The van der Waals surface area contributed by atoms with Crippen LogP contribution in [-0.4, -0.2) is 33.1 Å². The number of fused-ring (bicyclic) bond motifs is 1. The highest BCUT2D eigenvalue weighted by Crippen LogP contribution is 2.51. The van der Waals surface area contributed by atoms with Crippen LogP contribution in [0.2, 0.25) is 0 Å². The summed E-state index contributed by atoms with van der Waals surface area (Å²) in [6.07, 6.45) is 0.314. The molecule has 5 rings (SSSR count). The molecule has 3 aliphatic rings. The highest BCUT2D eigenvalue weighted by atomic mass is 35.5. The third-order valence-corrected chi connectivity index (χ3v) is 9.11. The molecule has 1 saturated carbocycles. The number of nitrogens with two attached hydrogens (primary N) is 1. The molecule has 212 valence electrons. The fraction of sp³-hybridized carbons (Fsp3) is 0.400. The molecule has 2 aliphatic heterocycles. The minimum Gasteiger partial charge on any atom is -0.481 e. The quantitative estimate of drug-likeness (QED) is 0.317. The molecular formula is C30H33ClF2N4O3. The van der Waals surface area contributed by atoms with Crippen LogP contribution in [0, 0.1) is 17.3 Å². The number of carboxylic acid groups (broad SMARTS) is 1. The average molecular weight is 571 g/mol. The van der Waals surface area contributed by atoms with Crippen molar-refractivity contribution in [3.8, 4) is 0 Å². The van der Waals surface area contributed by atoms with Crippen molar-refractivity contribution in [1.29, 1.82) is 0 Å². The van der Waals surface area contributed by atoms with Crippen molar-refractivity contribution in [1.82, 2.24) is 10.2 Å². The average Bonchev–Trinajstić information content (AvgIpc) is 3.55. The molecule has 2 unspecified atom stereocenters. The van der Waals surface area contributed by atoms with Gasteiger partial charge in [-0.25, -0.2) is 13.8 Å². The van der Waals surface area contributed by atoms with Crippen LogP contribution in [0.15, 0.2) is 70.6 Å². The number of alkyl halides is 2. The number of halogens is 3. The number of nitrogens with zero attached hydrogens (tertiary/aromatic N) is 2. The smallest absolute Gasteiger partial charge is 0.309 e. The number of amidine groups is 1. The van der Waals surface area contributed by atoms with Crippen molar-refractivity contribution >= 4 is 29.1 Å². The zero-order valence-corrected chi connectivity index (χ0v) is 23.3. The number of carbonyl (C=O) groups is 1. The van der Waals surface area contributed by atoms with Gasteiger partial charge in [0.05, 0.1) is 17.3 Å². The number of hydrogen-bond donors (Lipinski definition) is 4. The Morgan fingerprint density at radius 1 is 1.23 bits per heavy atom. The minimum atomic E-state index is -2.64. The monoisotopic (exact) mass is 570 g/mol. The summed E-state index contributed by atoms with van der Waals surface area (Å²) in [7, 11) is 0. The number of hydrogen-bond acceptors (Lipinski definition) is 6. The summed E-state index contributed by atoms with van der Waals surface area (Å²) in [5, 5.41) is 25.3. The second-order valence-electron chi connectivity index (χ2n) is 11.3. The molecule has 0 saturated heterocycles. The standard InChI is InChI=1S/C30H33ClF2N4O3/c1-16(2)30(28(38)39)12-11-19(14-30)27-36-23(24-26(34)35-15-22(31)37(24)27)17-7-9-20(10-8-17)29(3,40)21-6-4-5-18(13-21)25(32)33/h4-10,13,15-16,19,25,27,36,40H,11-12,14H2,1-3H3,(H2,34,35)(H,38,39)/t19?,27?,29-,30+/m1/s1. The zero-order valence-electron chi connectivity index (χ0n) is 22.5. The van der Waals surface area contributed by atoms with E-state index in [1.54, 1.807) is 25.1 Å². The van der Waals surface area contributed by atoms with E-state index >= 15 is 0 Å². The number of rotatable bonds is 7. The first-order chi connectivity index (χ1) is 18.9. The Morgan fingerprint density at radius 3 is 2.52 bits per heavy atom. The van der Waals surface area contributed by atoms with Gasteiger partial charge in [0.15, 0.2) is 0 Å². The molecule has 40 heavy (non-hydrogen) atoms. The maximum Gasteiger partial charge on any atom is 0.309 e. The minimum absolute atomic E-state index is 0.0128. The molecule has 4 atom stereocenters. The van der Waals surface area contributed by atoms with E-state index in [4.69, 9.17) is 17.3 Å². The lowest BCUT2D eigenvalue weighted by molar-refractivity contribution is -0.151. The van der Waals surface area contributed by atoms with Gasteiger partial charge < -0.3 is 26.2 Å². The summed E-state index contributed by atoms with van der Waals surface area (Å²) in [6.45, 7) is 5.47. The molecule has 1 fully saturated rings. The molecule has 2 heterocycles. The number of nitrogens with one attached hydrogen (secondary N) is 1. The van der Waals surface area contributed by atoms with E-state index in [1.807, 2.05) is 30.9 Å². The molecule has 1 aliphatic carbocycles. The molecular weight excluding hydrogens is 538 g/mol. The lowest BCUT2D eigenvalue weighted by Crippen LogP contribution is -2.44. The first-order valence-electron chi connectivity index (χ1n) is 13.3. The van der Waals surface area contributed by atoms with Crippen LogP contribution in [0.5, 0.6) is 0 Å². The molecule has 5 N–H and O–H groups in total. The van der Waals surface area contributed by atoms with Gasteiger partial charge >= 0.3 is 5.97 Å². The fourth-order valence-electron chi connectivity index (χ4n) is 6.28. The van der Waals surface area contributed by atoms with Crippen LogP contribution in [0.4, 0.5) is 8.78 Å². The van der Waals surface area contributed by atoms with Crippen LogP contribution >= 0.6 is 11.6 Å². The van der Waals surface area contributed by atoms with Gasteiger partial charge in [-0.2, -0.15) is 0 Å². The SMILES string of the molecule is CC(C)[C@]1(C(=O)O)CCC(C2NC(c3ccc([C@@](C)(O)c4cccc(C(F)F)c4)cc3)=C3C(N)=NC=C(Cl)N32)C1. The number of carboxylic acids is 1. The summed E-state index contributed by atoms with van der Waals surface area (Å²) < 4.78 is 26.5. The van der Waals surface area contributed by atoms with E-state index in [0.29, 0.717) is 46.9 Å². The van der Waals surface area contributed by atoms with E-state index in [-0.39, 0.29) is 29.4 Å². The summed E-state index contributed by atoms with van der Waals surface area (Å²) in [5.74, 6) is -0.537. The van der Waals surface area contributed by atoms with Gasteiger partial charge in [0.25, 0.3) is 6.43 Å². The zero-order chi connectivity index (χ0) is 29.0.